The third kappa shape index (κ3) is 3.07. The molecule has 1 N–H and O–H groups in total. The summed E-state index contributed by atoms with van der Waals surface area (Å²) in [6.07, 6.45) is 5.70. The van der Waals surface area contributed by atoms with Crippen LogP contribution in [0.1, 0.15) is 28.8 Å². The summed E-state index contributed by atoms with van der Waals surface area (Å²) >= 11 is 0. The number of anilines is 2. The van der Waals surface area contributed by atoms with Gasteiger partial charge in [-0.3, -0.25) is 9.78 Å². The summed E-state index contributed by atoms with van der Waals surface area (Å²) in [5, 5.41) is 11.7. The van der Waals surface area contributed by atoms with Crippen molar-refractivity contribution in [3.8, 4) is 6.07 Å². The molecule has 2 heterocycles. The molecule has 110 valence electrons. The first kappa shape index (κ1) is 14.1. The second kappa shape index (κ2) is 6.27. The Morgan fingerprint density at radius 1 is 1.23 bits per heavy atom. The van der Waals surface area contributed by atoms with Gasteiger partial charge in [-0.15, -0.1) is 0 Å². The standard InChI is InChI=1S/C17H16N4O/c18-10-13-4-3-5-15(8-13)20-17(22)14-9-16(12-19-11-14)21-6-1-2-7-21/h3-5,8-9,11-12H,1-2,6-7H2,(H,20,22). The summed E-state index contributed by atoms with van der Waals surface area (Å²) in [5.41, 5.74) is 2.63. The summed E-state index contributed by atoms with van der Waals surface area (Å²) in [4.78, 5) is 18.7. The summed E-state index contributed by atoms with van der Waals surface area (Å²) < 4.78 is 0. The summed E-state index contributed by atoms with van der Waals surface area (Å²) in [6.45, 7) is 2.02. The summed E-state index contributed by atoms with van der Waals surface area (Å²) in [6, 6.07) is 10.8. The lowest BCUT2D eigenvalue weighted by molar-refractivity contribution is 0.102. The van der Waals surface area contributed by atoms with Gasteiger partial charge in [0, 0.05) is 25.0 Å². The number of hydrogen-bond donors (Lipinski definition) is 1. The highest BCUT2D eigenvalue weighted by Crippen LogP contribution is 2.20. The van der Waals surface area contributed by atoms with E-state index in [0.717, 1.165) is 18.8 Å². The van der Waals surface area contributed by atoms with Gasteiger partial charge in [-0.1, -0.05) is 6.07 Å². The molecule has 1 aliphatic heterocycles. The van der Waals surface area contributed by atoms with Gasteiger partial charge in [0.25, 0.3) is 5.91 Å². The van der Waals surface area contributed by atoms with Crippen LogP contribution in [0.4, 0.5) is 11.4 Å². The van der Waals surface area contributed by atoms with Crippen LogP contribution >= 0.6 is 0 Å². The van der Waals surface area contributed by atoms with Gasteiger partial charge in [0.05, 0.1) is 29.1 Å². The number of carbonyl (C=O) groups is 1. The summed E-state index contributed by atoms with van der Waals surface area (Å²) in [7, 11) is 0. The van der Waals surface area contributed by atoms with Crippen LogP contribution in [0.2, 0.25) is 0 Å². The second-order valence-corrected chi connectivity index (χ2v) is 5.27. The normalized spacial score (nSPS) is 13.7. The first-order valence-electron chi connectivity index (χ1n) is 7.28. The van der Waals surface area contributed by atoms with Crippen molar-refractivity contribution < 1.29 is 4.79 Å². The predicted molar refractivity (Wildman–Crippen MR) is 84.8 cm³/mol. The molecule has 1 saturated heterocycles. The van der Waals surface area contributed by atoms with Crippen LogP contribution in [-0.4, -0.2) is 24.0 Å². The molecule has 5 nitrogen and oxygen atoms in total. The highest BCUT2D eigenvalue weighted by molar-refractivity contribution is 6.04. The van der Waals surface area contributed by atoms with Crippen molar-refractivity contribution >= 4 is 17.3 Å². The Bertz CT molecular complexity index is 729. The number of nitriles is 1. The molecule has 1 aromatic carbocycles. The van der Waals surface area contributed by atoms with Crippen molar-refractivity contribution in [3.05, 3.63) is 53.9 Å². The van der Waals surface area contributed by atoms with Crippen molar-refractivity contribution in [1.82, 2.24) is 4.98 Å². The number of nitrogens with zero attached hydrogens (tertiary/aromatic N) is 3. The maximum atomic E-state index is 12.3. The Balaban J connectivity index is 1.77. The molecule has 0 aliphatic carbocycles. The molecule has 1 aliphatic rings. The molecule has 5 heteroatoms. The number of aromatic nitrogens is 1. The lowest BCUT2D eigenvalue weighted by Gasteiger charge is -2.17. The van der Waals surface area contributed by atoms with Crippen molar-refractivity contribution in [3.63, 3.8) is 0 Å². The molecule has 0 spiro atoms. The van der Waals surface area contributed by atoms with E-state index in [1.165, 1.54) is 12.8 Å². The highest BCUT2D eigenvalue weighted by Gasteiger charge is 2.15. The van der Waals surface area contributed by atoms with Crippen LogP contribution in [0.5, 0.6) is 0 Å². The van der Waals surface area contributed by atoms with Crippen molar-refractivity contribution in [2.75, 3.05) is 23.3 Å². The zero-order valence-electron chi connectivity index (χ0n) is 12.1. The average Bonchev–Trinajstić information content (AvgIpc) is 3.09. The number of pyridine rings is 1. The number of carbonyl (C=O) groups excluding carboxylic acids is 1. The molecule has 0 bridgehead atoms. The van der Waals surface area contributed by atoms with E-state index in [4.69, 9.17) is 5.26 Å². The monoisotopic (exact) mass is 292 g/mol. The maximum Gasteiger partial charge on any atom is 0.257 e. The maximum absolute atomic E-state index is 12.3. The lowest BCUT2D eigenvalue weighted by atomic mass is 10.2. The molecule has 0 unspecified atom stereocenters. The van der Waals surface area contributed by atoms with E-state index in [1.54, 1.807) is 36.7 Å². The number of hydrogen-bond acceptors (Lipinski definition) is 4. The zero-order chi connectivity index (χ0) is 15.4. The first-order chi connectivity index (χ1) is 10.8. The summed E-state index contributed by atoms with van der Waals surface area (Å²) in [5.74, 6) is -0.219. The van der Waals surface area contributed by atoms with E-state index < -0.39 is 0 Å². The SMILES string of the molecule is N#Cc1cccc(NC(=O)c2cncc(N3CCCC3)c2)c1. The van der Waals surface area contributed by atoms with Gasteiger partial charge < -0.3 is 10.2 Å². The van der Waals surface area contributed by atoms with E-state index in [2.05, 4.69) is 21.3 Å². The molecule has 2 aromatic rings. The molecule has 0 atom stereocenters. The predicted octanol–water partition coefficient (Wildman–Crippen LogP) is 2.81. The Morgan fingerprint density at radius 2 is 2.05 bits per heavy atom. The number of rotatable bonds is 3. The van der Waals surface area contributed by atoms with Crippen molar-refractivity contribution in [2.24, 2.45) is 0 Å². The largest absolute Gasteiger partial charge is 0.370 e. The van der Waals surface area contributed by atoms with E-state index in [0.29, 0.717) is 16.8 Å². The number of nitrogens with one attached hydrogen (secondary N) is 1. The third-order valence-electron chi connectivity index (χ3n) is 3.71. The fourth-order valence-corrected chi connectivity index (χ4v) is 2.57. The Morgan fingerprint density at radius 3 is 2.82 bits per heavy atom. The Kier molecular flexibility index (Phi) is 4.01. The van der Waals surface area contributed by atoms with E-state index in [-0.39, 0.29) is 5.91 Å². The molecule has 1 aromatic heterocycles. The molecular weight excluding hydrogens is 276 g/mol. The quantitative estimate of drug-likeness (QED) is 0.944. The molecule has 1 amide bonds. The van der Waals surface area contributed by atoms with Crippen LogP contribution in [0, 0.1) is 11.3 Å². The van der Waals surface area contributed by atoms with Crippen LogP contribution in [0.3, 0.4) is 0 Å². The van der Waals surface area contributed by atoms with Crippen molar-refractivity contribution in [1.29, 1.82) is 5.26 Å². The van der Waals surface area contributed by atoms with Gasteiger partial charge in [0.2, 0.25) is 0 Å². The lowest BCUT2D eigenvalue weighted by Crippen LogP contribution is -2.19. The first-order valence-corrected chi connectivity index (χ1v) is 7.28. The molecule has 3 rings (SSSR count). The van der Waals surface area contributed by atoms with E-state index >= 15 is 0 Å². The second-order valence-electron chi connectivity index (χ2n) is 5.27. The topological polar surface area (TPSA) is 69.0 Å². The van der Waals surface area contributed by atoms with Crippen LogP contribution in [-0.2, 0) is 0 Å². The van der Waals surface area contributed by atoms with Gasteiger partial charge in [-0.25, -0.2) is 0 Å². The third-order valence-corrected chi connectivity index (χ3v) is 3.71. The van der Waals surface area contributed by atoms with Crippen LogP contribution < -0.4 is 10.2 Å². The highest BCUT2D eigenvalue weighted by atomic mass is 16.1. The van der Waals surface area contributed by atoms with Crippen molar-refractivity contribution in [2.45, 2.75) is 12.8 Å². The molecule has 0 saturated carbocycles. The van der Waals surface area contributed by atoms with E-state index in [1.807, 2.05) is 6.07 Å². The van der Waals surface area contributed by atoms with Gasteiger partial charge in [0.1, 0.15) is 0 Å². The van der Waals surface area contributed by atoms with Crippen LogP contribution in [0.15, 0.2) is 42.7 Å². The fourth-order valence-electron chi connectivity index (χ4n) is 2.57. The smallest absolute Gasteiger partial charge is 0.257 e. The van der Waals surface area contributed by atoms with Gasteiger partial charge in [-0.05, 0) is 37.1 Å². The van der Waals surface area contributed by atoms with Crippen LogP contribution in [0.25, 0.3) is 0 Å². The van der Waals surface area contributed by atoms with E-state index in [9.17, 15) is 4.79 Å². The minimum absolute atomic E-state index is 0.219. The van der Waals surface area contributed by atoms with Gasteiger partial charge in [-0.2, -0.15) is 5.26 Å². The Hall–Kier alpha value is -2.87. The Labute approximate surface area is 129 Å². The minimum Gasteiger partial charge on any atom is -0.370 e. The molecular formula is C17H16N4O. The fraction of sp³-hybridized carbons (Fsp3) is 0.235. The average molecular weight is 292 g/mol. The van der Waals surface area contributed by atoms with Gasteiger partial charge in [0.15, 0.2) is 0 Å². The zero-order valence-corrected chi connectivity index (χ0v) is 12.1. The molecule has 0 radical (unpaired) electrons. The minimum atomic E-state index is -0.219. The molecule has 22 heavy (non-hydrogen) atoms. The molecule has 1 fully saturated rings. The van der Waals surface area contributed by atoms with Gasteiger partial charge >= 0.3 is 0 Å². The number of benzene rings is 1. The number of amides is 1.